The van der Waals surface area contributed by atoms with Gasteiger partial charge in [-0.1, -0.05) is 20.8 Å². The van der Waals surface area contributed by atoms with Crippen molar-refractivity contribution in [2.75, 3.05) is 19.3 Å². The van der Waals surface area contributed by atoms with Crippen molar-refractivity contribution in [2.45, 2.75) is 76.7 Å². The summed E-state index contributed by atoms with van der Waals surface area (Å²) in [6.07, 6.45) is -5.67. The van der Waals surface area contributed by atoms with Crippen LogP contribution in [-0.4, -0.2) is 86.5 Å². The minimum Gasteiger partial charge on any atom is -0.356 e. The molecule has 0 radical (unpaired) electrons. The highest BCUT2D eigenvalue weighted by atomic mass is 32.2. The third kappa shape index (κ3) is 7.75. The molecular weight excluding hydrogens is 598 g/mol. The Labute approximate surface area is 238 Å². The normalized spacial score (nSPS) is 27.7. The zero-order chi connectivity index (χ0) is 32.0. The molecule has 2 saturated heterocycles. The van der Waals surface area contributed by atoms with E-state index in [-0.39, 0.29) is 19.4 Å². The fraction of sp³-hybridized carbons (Fsp3) is 0.760. The molecule has 4 amide bonds. The molecule has 0 unspecified atom stereocenters. The number of carbonyl (C=O) groups is 4. The van der Waals surface area contributed by atoms with Crippen molar-refractivity contribution in [1.82, 2.24) is 20.9 Å². The molecule has 42 heavy (non-hydrogen) atoms. The first-order chi connectivity index (χ1) is 19.0. The van der Waals surface area contributed by atoms with Crippen LogP contribution in [0.15, 0.2) is 11.2 Å². The van der Waals surface area contributed by atoms with E-state index < -0.39 is 111 Å². The van der Waals surface area contributed by atoms with E-state index in [0.29, 0.717) is 12.3 Å². The number of likely N-dealkylation sites (tertiary alicyclic amines) is 1. The van der Waals surface area contributed by atoms with Crippen LogP contribution >= 0.6 is 0 Å². The fourth-order valence-electron chi connectivity index (χ4n) is 5.78. The van der Waals surface area contributed by atoms with Gasteiger partial charge in [-0.25, -0.2) is 17.2 Å². The largest absolute Gasteiger partial charge is 0.471 e. The zero-order valence-corrected chi connectivity index (χ0v) is 24.2. The second kappa shape index (κ2) is 11.7. The molecule has 2 heterocycles. The van der Waals surface area contributed by atoms with Crippen molar-refractivity contribution in [3.05, 3.63) is 11.2 Å². The van der Waals surface area contributed by atoms with Gasteiger partial charge in [-0.3, -0.25) is 19.2 Å². The van der Waals surface area contributed by atoms with E-state index in [0.717, 1.165) is 4.90 Å². The smallest absolute Gasteiger partial charge is 0.356 e. The Bertz CT molecular complexity index is 1250. The van der Waals surface area contributed by atoms with Crippen LogP contribution < -0.4 is 16.0 Å². The monoisotopic (exact) mass is 632 g/mol. The average Bonchev–Trinajstić information content (AvgIpc) is 3.45. The molecule has 3 aliphatic rings. The number of hydrogen-bond donors (Lipinski definition) is 3. The van der Waals surface area contributed by atoms with Gasteiger partial charge in [-0.05, 0) is 36.2 Å². The predicted octanol–water partition coefficient (Wildman–Crippen LogP) is 1.82. The van der Waals surface area contributed by atoms with E-state index in [1.54, 1.807) is 5.32 Å². The lowest BCUT2D eigenvalue weighted by atomic mass is 9.85. The summed E-state index contributed by atoms with van der Waals surface area (Å²) >= 11 is 0. The molecule has 1 aliphatic carbocycles. The Morgan fingerprint density at radius 1 is 1.14 bits per heavy atom. The van der Waals surface area contributed by atoms with Crippen LogP contribution in [0.2, 0.25) is 0 Å². The summed E-state index contributed by atoms with van der Waals surface area (Å²) in [6, 6.07) is -4.87. The van der Waals surface area contributed by atoms with Gasteiger partial charge in [-0.2, -0.15) is 17.6 Å². The molecule has 0 aromatic heterocycles. The van der Waals surface area contributed by atoms with Crippen LogP contribution in [0, 0.1) is 23.2 Å². The third-order valence-corrected chi connectivity index (χ3v) is 8.63. The summed E-state index contributed by atoms with van der Waals surface area (Å²) in [6.45, 7) is 3.97. The van der Waals surface area contributed by atoms with Crippen molar-refractivity contribution in [2.24, 2.45) is 23.2 Å². The number of sulfone groups is 1. The van der Waals surface area contributed by atoms with Gasteiger partial charge in [0.25, 0.3) is 0 Å². The van der Waals surface area contributed by atoms with Crippen molar-refractivity contribution < 1.29 is 53.9 Å². The maximum atomic E-state index is 14.5. The van der Waals surface area contributed by atoms with Crippen LogP contribution in [0.25, 0.3) is 0 Å². The zero-order valence-electron chi connectivity index (χ0n) is 23.4. The molecule has 0 spiro atoms. The molecule has 3 rings (SSSR count). The summed E-state index contributed by atoms with van der Waals surface area (Å²) in [4.78, 5) is 52.0. The van der Waals surface area contributed by atoms with E-state index in [9.17, 15) is 53.9 Å². The maximum Gasteiger partial charge on any atom is 0.471 e. The second-order valence-corrected chi connectivity index (χ2v) is 14.2. The number of amides is 4. The Kier molecular flexibility index (Phi) is 9.36. The second-order valence-electron chi connectivity index (χ2n) is 12.3. The topological polar surface area (TPSA) is 142 Å². The lowest BCUT2D eigenvalue weighted by Crippen LogP contribution is -2.60. The van der Waals surface area contributed by atoms with Crippen molar-refractivity contribution >= 4 is 33.5 Å². The van der Waals surface area contributed by atoms with Gasteiger partial charge < -0.3 is 20.9 Å². The molecule has 3 N–H and O–H groups in total. The molecule has 17 heteroatoms. The van der Waals surface area contributed by atoms with Crippen LogP contribution in [0.4, 0.5) is 26.3 Å². The summed E-state index contributed by atoms with van der Waals surface area (Å²) in [5.41, 5.74) is -1.31. The molecule has 0 aromatic carbocycles. The molecule has 0 bridgehead atoms. The average molecular weight is 633 g/mol. The number of hydrogen-bond acceptors (Lipinski definition) is 6. The number of fused-ring (bicyclic) bond motifs is 1. The number of alkyl halides is 5. The highest BCUT2D eigenvalue weighted by molar-refractivity contribution is 7.94. The van der Waals surface area contributed by atoms with Crippen LogP contribution in [0.3, 0.4) is 0 Å². The van der Waals surface area contributed by atoms with Crippen LogP contribution in [0.5, 0.6) is 0 Å². The first kappa shape index (κ1) is 33.6. The molecule has 0 aromatic rings. The molecule has 1 saturated carbocycles. The molecule has 3 fully saturated rings. The van der Waals surface area contributed by atoms with Crippen molar-refractivity contribution in [3.8, 4) is 0 Å². The van der Waals surface area contributed by atoms with Gasteiger partial charge in [0.1, 0.15) is 12.1 Å². The maximum absolute atomic E-state index is 14.5. The van der Waals surface area contributed by atoms with Crippen molar-refractivity contribution in [1.29, 1.82) is 0 Å². The molecule has 6 atom stereocenters. The minimum atomic E-state index is -5.33. The van der Waals surface area contributed by atoms with E-state index in [2.05, 4.69) is 10.6 Å². The van der Waals surface area contributed by atoms with E-state index in [4.69, 9.17) is 0 Å². The quantitative estimate of drug-likeness (QED) is 0.349. The summed E-state index contributed by atoms with van der Waals surface area (Å²) in [5.74, 6) is -11.0. The number of nitrogens with zero attached hydrogens (tertiary/aromatic N) is 1. The van der Waals surface area contributed by atoms with Crippen LogP contribution in [-0.2, 0) is 29.0 Å². The lowest BCUT2D eigenvalue weighted by molar-refractivity contribution is -0.176. The Balaban J connectivity index is 1.97. The Morgan fingerprint density at radius 3 is 2.26 bits per heavy atom. The van der Waals surface area contributed by atoms with E-state index in [1.165, 1.54) is 20.8 Å². The number of nitrogens with one attached hydrogen (secondary N) is 3. The van der Waals surface area contributed by atoms with Crippen molar-refractivity contribution in [3.63, 3.8) is 0 Å². The molecular formula is C25H34F6N4O6S. The highest BCUT2D eigenvalue weighted by Gasteiger charge is 2.59. The molecule has 2 aliphatic heterocycles. The lowest BCUT2D eigenvalue weighted by Gasteiger charge is -2.37. The van der Waals surface area contributed by atoms with Gasteiger partial charge in [0, 0.05) is 38.1 Å². The first-order valence-corrected chi connectivity index (χ1v) is 15.1. The van der Waals surface area contributed by atoms with Crippen LogP contribution in [0.1, 0.15) is 46.5 Å². The molecule has 238 valence electrons. The highest BCUT2D eigenvalue weighted by Crippen LogP contribution is 2.50. The minimum absolute atomic E-state index is 0.252. The Hall–Kier alpha value is -2.85. The summed E-state index contributed by atoms with van der Waals surface area (Å²) < 4.78 is 106. The van der Waals surface area contributed by atoms with Gasteiger partial charge in [0.15, 0.2) is 0 Å². The number of halogens is 6. The first-order valence-electron chi connectivity index (χ1n) is 13.2. The fourth-order valence-corrected chi connectivity index (χ4v) is 6.19. The van der Waals surface area contributed by atoms with Gasteiger partial charge >= 0.3 is 12.1 Å². The van der Waals surface area contributed by atoms with Gasteiger partial charge in [-0.15, -0.1) is 0 Å². The van der Waals surface area contributed by atoms with Gasteiger partial charge in [0.2, 0.25) is 38.6 Å². The molecule has 10 nitrogen and oxygen atoms in total. The standard InChI is InChI=1S/C25H34F6N4O6S/c1-23(2,3)18(34-22(39)25(29,30)31)21(38)35-11-13-9-24(27,28)10-15(13)17(35)20(37)33-14(8-16(26)42(4,40)41)7-12-5-6-32-19(12)36/h8,12-15,17-18H,5-7,9-11H2,1-4H3,(H,32,36)(H,33,37)(H,34,39)/b16-8-/t12-,13-,14+,15-,17-,18-/m1/s1. The number of carbonyl (C=O) groups excluding carboxylic acids is 4. The predicted molar refractivity (Wildman–Crippen MR) is 136 cm³/mol. The number of rotatable bonds is 8. The summed E-state index contributed by atoms with van der Waals surface area (Å²) in [5, 5.41) is 4.95. The third-order valence-electron chi connectivity index (χ3n) is 7.79. The Morgan fingerprint density at radius 2 is 1.76 bits per heavy atom. The summed E-state index contributed by atoms with van der Waals surface area (Å²) in [7, 11) is -4.36. The van der Waals surface area contributed by atoms with Gasteiger partial charge in [0.05, 0.1) is 6.04 Å². The SMILES string of the molecule is CC(C)(C)[C@H](NC(=O)C(F)(F)F)C(=O)N1C[C@H]2CC(F)(F)C[C@H]2[C@@H]1C(=O)N[C@H](/C=C(/F)S(C)(=O)=O)C[C@H]1CCNC1=O. The van der Waals surface area contributed by atoms with E-state index >= 15 is 0 Å². The van der Waals surface area contributed by atoms with E-state index in [1.807, 2.05) is 0 Å².